The zero-order valence-electron chi connectivity index (χ0n) is 43.4. The summed E-state index contributed by atoms with van der Waals surface area (Å²) in [4.78, 5) is 72.2. The average molecular weight is 990 g/mol. The van der Waals surface area contributed by atoms with E-state index in [0.29, 0.717) is 63.4 Å². The van der Waals surface area contributed by atoms with E-state index in [1.165, 1.54) is 12.0 Å². The quantitative estimate of drug-likeness (QED) is 0.104. The first-order chi connectivity index (χ1) is 32.4. The van der Waals surface area contributed by atoms with Crippen molar-refractivity contribution >= 4 is 36.6 Å². The molecule has 2 bridgehead atoms. The van der Waals surface area contributed by atoms with E-state index in [4.69, 9.17) is 28.2 Å². The highest BCUT2D eigenvalue weighted by molar-refractivity contribution is 7.57. The number of hydrogen-bond acceptors (Lipinski definition) is 14. The number of allylic oxidation sites excluding steroid dienone is 6. The number of Topliss-reactive ketones (excluding diaryl/α,β-unsaturated/α-hetero) is 3. The molecule has 16 heteroatoms. The summed E-state index contributed by atoms with van der Waals surface area (Å²) in [5.41, 5.74) is 1.25. The SMILES string of the molecule is CO[C@H]1C[C@@H]2CC[C@@H](C)[C@@](O)(O2)C(=O)C(=O)N2CCCC[C@H]2C(=O)O[C@H]([C@H](C)C[C@@H]2CC[C@@H](OP(C)(C)=O)[C@H](OC)C2)CC(=O)[C@H](C)/C=C(/C)[C@@H](O)[C@@H](OC)C(=O)[C@H](C)C[C@H](C)/C=C/C=C/C=C/1C. The summed E-state index contributed by atoms with van der Waals surface area (Å²) in [5.74, 6) is -8.11. The number of esters is 1. The van der Waals surface area contributed by atoms with Gasteiger partial charge in [0.2, 0.25) is 5.79 Å². The molecule has 0 aromatic heterocycles. The lowest BCUT2D eigenvalue weighted by atomic mass is 9.78. The van der Waals surface area contributed by atoms with Crippen LogP contribution >= 0.6 is 7.37 Å². The Bertz CT molecular complexity index is 1940. The van der Waals surface area contributed by atoms with Crippen LogP contribution in [-0.2, 0) is 56.7 Å². The highest BCUT2D eigenvalue weighted by Gasteiger charge is 2.53. The van der Waals surface area contributed by atoms with E-state index >= 15 is 0 Å². The molecule has 3 heterocycles. The first-order valence-electron chi connectivity index (χ1n) is 25.2. The number of ether oxygens (including phenoxy) is 5. The maximum atomic E-state index is 14.5. The largest absolute Gasteiger partial charge is 0.460 e. The highest BCUT2D eigenvalue weighted by Crippen LogP contribution is 2.45. The summed E-state index contributed by atoms with van der Waals surface area (Å²) in [5, 5.41) is 23.5. The lowest BCUT2D eigenvalue weighted by Crippen LogP contribution is -2.61. The number of nitrogens with zero attached hydrogens (tertiary/aromatic N) is 1. The van der Waals surface area contributed by atoms with Crippen molar-refractivity contribution in [2.75, 3.05) is 41.2 Å². The van der Waals surface area contributed by atoms with E-state index in [2.05, 4.69) is 0 Å². The third-order valence-corrected chi connectivity index (χ3v) is 15.6. The van der Waals surface area contributed by atoms with Crippen LogP contribution in [0.15, 0.2) is 47.6 Å². The van der Waals surface area contributed by atoms with Crippen LogP contribution in [-0.4, -0.2) is 140 Å². The lowest BCUT2D eigenvalue weighted by Gasteiger charge is -2.42. The van der Waals surface area contributed by atoms with Gasteiger partial charge in [-0.3, -0.25) is 23.7 Å². The van der Waals surface area contributed by atoms with Crippen molar-refractivity contribution < 1.29 is 67.0 Å². The Kier molecular flexibility index (Phi) is 22.5. The predicted molar refractivity (Wildman–Crippen MR) is 263 cm³/mol. The first-order valence-corrected chi connectivity index (χ1v) is 27.7. The Morgan fingerprint density at radius 3 is 2.22 bits per heavy atom. The number of methoxy groups -OCH3 is 3. The average Bonchev–Trinajstić information content (AvgIpc) is 3.30. The van der Waals surface area contributed by atoms with Gasteiger partial charge in [-0.15, -0.1) is 0 Å². The predicted octanol–water partition coefficient (Wildman–Crippen LogP) is 7.74. The number of aliphatic hydroxyl groups is 2. The van der Waals surface area contributed by atoms with Gasteiger partial charge < -0.3 is 43.3 Å². The molecule has 390 valence electrons. The number of carbonyl (C=O) groups is 5. The van der Waals surface area contributed by atoms with Crippen molar-refractivity contribution in [1.29, 1.82) is 0 Å². The Morgan fingerprint density at radius 1 is 0.855 bits per heavy atom. The number of carbonyl (C=O) groups excluding carboxylic acids is 5. The van der Waals surface area contributed by atoms with Crippen LogP contribution in [0.5, 0.6) is 0 Å². The Labute approximate surface area is 411 Å². The second kappa shape index (κ2) is 26.5. The fourth-order valence-electron chi connectivity index (χ4n) is 10.5. The third kappa shape index (κ3) is 16.2. The zero-order chi connectivity index (χ0) is 51.4. The number of piperidine rings is 1. The van der Waals surface area contributed by atoms with Crippen LogP contribution in [0.1, 0.15) is 126 Å². The number of aliphatic hydroxyl groups excluding tert-OH is 1. The summed E-state index contributed by atoms with van der Waals surface area (Å²) >= 11 is 0. The summed E-state index contributed by atoms with van der Waals surface area (Å²) in [7, 11) is 1.76. The van der Waals surface area contributed by atoms with E-state index in [0.717, 1.165) is 12.0 Å². The van der Waals surface area contributed by atoms with Gasteiger partial charge in [0.05, 0.1) is 24.4 Å². The van der Waals surface area contributed by atoms with Crippen molar-refractivity contribution in [3.05, 3.63) is 47.6 Å². The van der Waals surface area contributed by atoms with Gasteiger partial charge in [-0.05, 0) is 107 Å². The Morgan fingerprint density at radius 2 is 1.57 bits per heavy atom. The molecule has 4 rings (SSSR count). The van der Waals surface area contributed by atoms with Crippen LogP contribution in [0, 0.1) is 35.5 Å². The molecule has 1 saturated carbocycles. The Balaban J connectivity index is 1.70. The molecule has 69 heavy (non-hydrogen) atoms. The van der Waals surface area contributed by atoms with Crippen molar-refractivity contribution in [2.24, 2.45) is 35.5 Å². The number of ketones is 3. The molecule has 0 aromatic rings. The molecule has 2 N–H and O–H groups in total. The smallest absolute Gasteiger partial charge is 0.329 e. The molecular weight excluding hydrogens is 906 g/mol. The highest BCUT2D eigenvalue weighted by atomic mass is 31.2. The number of cyclic esters (lactones) is 1. The van der Waals surface area contributed by atoms with Gasteiger partial charge in [0, 0.05) is 71.8 Å². The molecule has 1 amide bonds. The lowest BCUT2D eigenvalue weighted by molar-refractivity contribution is -0.265. The molecular formula is C53H84NO14P. The molecule has 0 radical (unpaired) electrons. The van der Waals surface area contributed by atoms with Crippen molar-refractivity contribution in [1.82, 2.24) is 4.90 Å². The first kappa shape index (κ1) is 58.4. The Hall–Kier alpha value is -3.14. The number of hydrogen-bond donors (Lipinski definition) is 2. The molecule has 3 aliphatic heterocycles. The summed E-state index contributed by atoms with van der Waals surface area (Å²) in [6.07, 6.45) is 11.4. The minimum atomic E-state index is -2.79. The van der Waals surface area contributed by atoms with E-state index in [9.17, 15) is 38.8 Å². The minimum absolute atomic E-state index is 0.0117. The summed E-state index contributed by atoms with van der Waals surface area (Å²) in [6, 6.07) is -1.16. The van der Waals surface area contributed by atoms with E-state index in [1.54, 1.807) is 54.4 Å². The van der Waals surface area contributed by atoms with Crippen molar-refractivity contribution in [3.63, 3.8) is 0 Å². The molecule has 0 spiro atoms. The van der Waals surface area contributed by atoms with Crippen LogP contribution in [0.25, 0.3) is 0 Å². The monoisotopic (exact) mass is 990 g/mol. The fraction of sp³-hybridized carbons (Fsp3) is 0.755. The van der Waals surface area contributed by atoms with Crippen LogP contribution in [0.3, 0.4) is 0 Å². The minimum Gasteiger partial charge on any atom is -0.460 e. The van der Waals surface area contributed by atoms with Gasteiger partial charge in [-0.1, -0.05) is 71.1 Å². The molecule has 2 saturated heterocycles. The molecule has 4 aliphatic rings. The van der Waals surface area contributed by atoms with Crippen LogP contribution in [0.2, 0.25) is 0 Å². The molecule has 15 nitrogen and oxygen atoms in total. The molecule has 15 atom stereocenters. The normalized spacial score (nSPS) is 39.0. The topological polar surface area (TPSA) is 201 Å². The maximum absolute atomic E-state index is 14.5. The van der Waals surface area contributed by atoms with Crippen LogP contribution in [0.4, 0.5) is 0 Å². The van der Waals surface area contributed by atoms with Gasteiger partial charge >= 0.3 is 5.97 Å². The molecule has 1 aliphatic carbocycles. The second-order valence-corrected chi connectivity index (χ2v) is 23.6. The van der Waals surface area contributed by atoms with Gasteiger partial charge in [-0.2, -0.15) is 0 Å². The van der Waals surface area contributed by atoms with Gasteiger partial charge in [-0.25, -0.2) is 4.79 Å². The number of rotatable bonds is 8. The third-order valence-electron chi connectivity index (χ3n) is 14.8. The van der Waals surface area contributed by atoms with E-state index in [-0.39, 0.29) is 60.9 Å². The maximum Gasteiger partial charge on any atom is 0.329 e. The van der Waals surface area contributed by atoms with Crippen molar-refractivity contribution in [2.45, 2.75) is 180 Å². The second-order valence-electron chi connectivity index (χ2n) is 20.9. The molecule has 0 unspecified atom stereocenters. The molecule has 0 aromatic carbocycles. The zero-order valence-corrected chi connectivity index (χ0v) is 44.3. The number of amides is 1. The van der Waals surface area contributed by atoms with Gasteiger partial charge in [0.1, 0.15) is 30.1 Å². The van der Waals surface area contributed by atoms with E-state index < -0.39 is 85.1 Å². The fourth-order valence-corrected chi connectivity index (χ4v) is 11.4. The standard InChI is InChI=1S/C53H84NO14P/c1-32-18-14-13-15-19-33(2)44(63-8)30-40-23-21-38(7)53(61,67-40)50(58)51(59)54-25-17-16-20-41(54)52(60)66-45(35(4)28-39-22-24-43(46(29-39)64-9)68-69(11,12)62)31-42(55)34(3)27-37(6)48(57)49(65-10)47(56)36(5)26-32/h13-15,18-19,27,32,34-36,38-41,43-46,48-49,57,61H,16-17,20-26,28-31H2,1-12H3/b15-13+,18-14+,33-19+,37-27-/t32-,34-,35-,36-,38-,39+,40+,41+,43-,44+,45+,46-,48-,49+,53-/m1/s1. The van der Waals surface area contributed by atoms with Crippen molar-refractivity contribution in [3.8, 4) is 0 Å². The summed E-state index contributed by atoms with van der Waals surface area (Å²) in [6.45, 7) is 15.9. The van der Waals surface area contributed by atoms with Gasteiger partial charge in [0.25, 0.3) is 11.7 Å². The van der Waals surface area contributed by atoms with E-state index in [1.807, 2.05) is 58.1 Å². The summed E-state index contributed by atoms with van der Waals surface area (Å²) < 4.78 is 48.2. The van der Waals surface area contributed by atoms with Crippen LogP contribution < -0.4 is 0 Å². The molecule has 3 fully saturated rings. The number of fused-ring (bicyclic) bond motifs is 3. The van der Waals surface area contributed by atoms with Gasteiger partial charge in [0.15, 0.2) is 13.2 Å².